The molecule has 1 aliphatic carbocycles. The molecule has 0 aromatic carbocycles. The molecule has 3 nitrogen and oxygen atoms in total. The third-order valence-corrected chi connectivity index (χ3v) is 6.63. The largest absolute Gasteiger partial charge is 0.358 e. The molecule has 0 amide bonds. The Morgan fingerprint density at radius 2 is 2.21 bits per heavy atom. The fourth-order valence-corrected chi connectivity index (χ4v) is 4.69. The highest BCUT2D eigenvalue weighted by Crippen LogP contribution is 2.46. The minimum absolute atomic E-state index is 0.0790. The van der Waals surface area contributed by atoms with Crippen molar-refractivity contribution in [3.8, 4) is 0 Å². The Labute approximate surface area is 175 Å². The van der Waals surface area contributed by atoms with Gasteiger partial charge in [-0.1, -0.05) is 38.5 Å². The number of halogens is 1. The van der Waals surface area contributed by atoms with E-state index in [-0.39, 0.29) is 11.9 Å². The zero-order valence-electron chi connectivity index (χ0n) is 18.7. The van der Waals surface area contributed by atoms with Crippen LogP contribution in [0.1, 0.15) is 55.6 Å². The highest BCUT2D eigenvalue weighted by molar-refractivity contribution is 5.73. The van der Waals surface area contributed by atoms with Crippen LogP contribution in [0.5, 0.6) is 0 Å². The molecule has 4 heteroatoms. The lowest BCUT2D eigenvalue weighted by molar-refractivity contribution is -0.828. The lowest BCUT2D eigenvalue weighted by Gasteiger charge is -2.37. The van der Waals surface area contributed by atoms with Crippen molar-refractivity contribution in [2.24, 2.45) is 22.7 Å². The molecule has 158 valence electrons. The smallest absolute Gasteiger partial charge is 0.280 e. The standard InChI is InChI=1S/C25H36FN3/c1-7-9-20(22-14-19(16(22)2)15-24(26)29(5)6)17(3)25-18(4)21-11-13-27-12-8-10-23(21)28-25/h13-16,19-20,28H,3,7-12H2,1-2,4-6H3/p+1. The number of aromatic amines is 1. The second kappa shape index (κ2) is 9.25. The van der Waals surface area contributed by atoms with Gasteiger partial charge in [0.1, 0.15) is 0 Å². The molecule has 0 saturated carbocycles. The van der Waals surface area contributed by atoms with Gasteiger partial charge in [0, 0.05) is 48.5 Å². The lowest BCUT2D eigenvalue weighted by Crippen LogP contribution is -3.03. The number of nitrogens with one attached hydrogen (secondary N) is 2. The fraction of sp³-hybridized carbons (Fsp3) is 0.560. The van der Waals surface area contributed by atoms with Crippen LogP contribution in [0.2, 0.25) is 0 Å². The summed E-state index contributed by atoms with van der Waals surface area (Å²) in [6.45, 7) is 12.1. The lowest BCUT2D eigenvalue weighted by atomic mass is 9.67. The Morgan fingerprint density at radius 3 is 2.86 bits per heavy atom. The van der Waals surface area contributed by atoms with Crippen LogP contribution in [0.3, 0.4) is 0 Å². The van der Waals surface area contributed by atoms with E-state index in [2.05, 4.69) is 49.6 Å². The molecule has 0 radical (unpaired) electrons. The third kappa shape index (κ3) is 4.48. The zero-order chi connectivity index (χ0) is 21.1. The first-order chi connectivity index (χ1) is 13.8. The first-order valence-corrected chi connectivity index (χ1v) is 11.1. The van der Waals surface area contributed by atoms with E-state index >= 15 is 0 Å². The molecule has 1 aromatic rings. The van der Waals surface area contributed by atoms with Gasteiger partial charge >= 0.3 is 0 Å². The Morgan fingerprint density at radius 1 is 1.45 bits per heavy atom. The van der Waals surface area contributed by atoms with Gasteiger partial charge in [-0.15, -0.1) is 4.39 Å². The first kappa shape index (κ1) is 21.8. The molecule has 2 heterocycles. The summed E-state index contributed by atoms with van der Waals surface area (Å²) in [6.07, 6.45) is 11.3. The number of aromatic nitrogens is 1. The van der Waals surface area contributed by atoms with Crippen LogP contribution in [0.4, 0.5) is 4.39 Å². The van der Waals surface area contributed by atoms with E-state index in [1.807, 2.05) is 14.1 Å². The van der Waals surface area contributed by atoms with E-state index in [1.54, 1.807) is 6.08 Å². The van der Waals surface area contributed by atoms with Crippen LogP contribution in [-0.2, 0) is 12.8 Å². The van der Waals surface area contributed by atoms with Gasteiger partial charge in [-0.25, -0.2) is 0 Å². The molecule has 3 unspecified atom stereocenters. The molecule has 3 atom stereocenters. The number of hydrogen-bond acceptors (Lipinski definition) is 1. The molecule has 1 aliphatic heterocycles. The van der Waals surface area contributed by atoms with E-state index in [4.69, 9.17) is 0 Å². The number of allylic oxidation sites excluding steroid dienone is 4. The summed E-state index contributed by atoms with van der Waals surface area (Å²) in [5.41, 5.74) is 7.89. The summed E-state index contributed by atoms with van der Waals surface area (Å²) < 4.78 is 14.1. The Kier molecular flexibility index (Phi) is 6.94. The van der Waals surface area contributed by atoms with Crippen molar-refractivity contribution < 1.29 is 9.29 Å². The molecule has 3 rings (SSSR count). The van der Waals surface area contributed by atoms with Gasteiger partial charge in [0.2, 0.25) is 0 Å². The van der Waals surface area contributed by atoms with Gasteiger partial charge in [-0.3, -0.25) is 9.89 Å². The number of fused-ring (bicyclic) bond motifs is 1. The van der Waals surface area contributed by atoms with Crippen molar-refractivity contribution in [2.45, 2.75) is 52.9 Å². The topological polar surface area (TPSA) is 32.6 Å². The van der Waals surface area contributed by atoms with E-state index in [0.29, 0.717) is 11.8 Å². The number of aliphatic imine (C=N–C) groups is 1. The Hall–Kier alpha value is -1.94. The van der Waals surface area contributed by atoms with Gasteiger partial charge in [0.05, 0.1) is 14.1 Å². The van der Waals surface area contributed by atoms with E-state index in [9.17, 15) is 4.39 Å². The van der Waals surface area contributed by atoms with Crippen LogP contribution in [0.25, 0.3) is 5.57 Å². The minimum Gasteiger partial charge on any atom is -0.358 e. The maximum atomic E-state index is 14.1. The quantitative estimate of drug-likeness (QED) is 0.502. The number of H-pyrrole nitrogens is 1. The Balaban J connectivity index is 1.87. The normalized spacial score (nSPS) is 23.1. The fourth-order valence-electron chi connectivity index (χ4n) is 4.69. The summed E-state index contributed by atoms with van der Waals surface area (Å²) in [5, 5.41) is 0. The predicted molar refractivity (Wildman–Crippen MR) is 121 cm³/mol. The summed E-state index contributed by atoms with van der Waals surface area (Å²) in [6, 6.07) is 0. The SMILES string of the molecule is C=C(c1[nH]c2c(c1C)CC=NCCC2)C(CCC)C1=CC(C=C(F)[NH+](C)C)C1C. The Bertz CT molecular complexity index is 840. The molecule has 0 fully saturated rings. The molecule has 2 aliphatic rings. The van der Waals surface area contributed by atoms with Crippen LogP contribution in [0.15, 0.2) is 35.2 Å². The average molecular weight is 399 g/mol. The second-order valence-electron chi connectivity index (χ2n) is 8.89. The first-order valence-electron chi connectivity index (χ1n) is 11.1. The minimum atomic E-state index is -0.0790. The van der Waals surface area contributed by atoms with Crippen molar-refractivity contribution in [1.29, 1.82) is 0 Å². The monoisotopic (exact) mass is 398 g/mol. The summed E-state index contributed by atoms with van der Waals surface area (Å²) >= 11 is 0. The highest BCUT2D eigenvalue weighted by atomic mass is 19.1. The van der Waals surface area contributed by atoms with Crippen molar-refractivity contribution in [1.82, 2.24) is 4.98 Å². The maximum Gasteiger partial charge on any atom is 0.280 e. The van der Waals surface area contributed by atoms with Gasteiger partial charge < -0.3 is 4.98 Å². The van der Waals surface area contributed by atoms with E-state index in [0.717, 1.165) is 43.5 Å². The number of quaternary nitrogens is 1. The van der Waals surface area contributed by atoms with Gasteiger partial charge in [0.25, 0.3) is 5.95 Å². The third-order valence-electron chi connectivity index (χ3n) is 6.63. The van der Waals surface area contributed by atoms with Gasteiger partial charge in [0.15, 0.2) is 0 Å². The maximum absolute atomic E-state index is 14.1. The second-order valence-corrected chi connectivity index (χ2v) is 8.89. The van der Waals surface area contributed by atoms with Crippen LogP contribution >= 0.6 is 0 Å². The van der Waals surface area contributed by atoms with E-state index < -0.39 is 0 Å². The van der Waals surface area contributed by atoms with Crippen molar-refractivity contribution in [3.05, 3.63) is 52.8 Å². The van der Waals surface area contributed by atoms with Gasteiger partial charge in [-0.2, -0.15) is 0 Å². The molecular weight excluding hydrogens is 361 g/mol. The number of aryl methyl sites for hydroxylation is 1. The number of rotatable bonds is 7. The van der Waals surface area contributed by atoms with Gasteiger partial charge in [-0.05, 0) is 48.8 Å². The molecule has 1 aromatic heterocycles. The summed E-state index contributed by atoms with van der Waals surface area (Å²) in [7, 11) is 3.65. The highest BCUT2D eigenvalue weighted by Gasteiger charge is 2.35. The van der Waals surface area contributed by atoms with Crippen LogP contribution in [-0.4, -0.2) is 31.8 Å². The van der Waals surface area contributed by atoms with Crippen LogP contribution in [0, 0.1) is 24.7 Å². The van der Waals surface area contributed by atoms with Crippen LogP contribution < -0.4 is 4.90 Å². The molecular formula is C25H37FN3+. The van der Waals surface area contributed by atoms with Crippen molar-refractivity contribution in [3.63, 3.8) is 0 Å². The zero-order valence-corrected chi connectivity index (χ0v) is 18.7. The molecule has 2 N–H and O–H groups in total. The predicted octanol–water partition coefficient (Wildman–Crippen LogP) is 4.46. The summed E-state index contributed by atoms with van der Waals surface area (Å²) in [5.74, 6) is 0.793. The molecule has 29 heavy (non-hydrogen) atoms. The molecule has 0 bridgehead atoms. The molecule has 0 spiro atoms. The summed E-state index contributed by atoms with van der Waals surface area (Å²) in [4.78, 5) is 8.95. The van der Waals surface area contributed by atoms with Crippen molar-refractivity contribution in [2.75, 3.05) is 20.6 Å². The van der Waals surface area contributed by atoms with E-state index in [1.165, 1.54) is 33.7 Å². The number of hydrogen-bond donors (Lipinski definition) is 2. The number of nitrogens with zero attached hydrogens (tertiary/aromatic N) is 1. The van der Waals surface area contributed by atoms with Crippen molar-refractivity contribution >= 4 is 11.8 Å². The average Bonchev–Trinajstić information content (AvgIpc) is 2.96. The molecule has 0 saturated heterocycles.